The van der Waals surface area contributed by atoms with Crippen molar-refractivity contribution in [1.29, 1.82) is 0 Å². The van der Waals surface area contributed by atoms with Crippen LogP contribution in [0.25, 0.3) is 0 Å². The first-order valence-electron chi connectivity index (χ1n) is 8.29. The third-order valence-corrected chi connectivity index (χ3v) is 4.20. The zero-order valence-corrected chi connectivity index (χ0v) is 14.4. The van der Waals surface area contributed by atoms with Gasteiger partial charge in [-0.2, -0.15) is 0 Å². The highest BCUT2D eigenvalue weighted by molar-refractivity contribution is 7.36. The van der Waals surface area contributed by atoms with E-state index in [0.29, 0.717) is 6.61 Å². The van der Waals surface area contributed by atoms with Crippen LogP contribution in [0.4, 0.5) is 0 Å². The monoisotopic (exact) mass is 305 g/mol. The second-order valence-electron chi connectivity index (χ2n) is 5.28. The highest BCUT2D eigenvalue weighted by atomic mass is 31.1. The Kier molecular flexibility index (Phi) is 17.0. The second-order valence-corrected chi connectivity index (χ2v) is 6.37. The van der Waals surface area contributed by atoms with Gasteiger partial charge in [0.2, 0.25) is 0 Å². The van der Waals surface area contributed by atoms with E-state index in [9.17, 15) is 4.57 Å². The Hall–Kier alpha value is -0.0200. The van der Waals surface area contributed by atoms with E-state index < -0.39 is 8.18 Å². The van der Waals surface area contributed by atoms with Crippen molar-refractivity contribution < 1.29 is 9.09 Å². The third-order valence-electron chi connectivity index (χ3n) is 3.30. The smallest absolute Gasteiger partial charge is 0.320 e. The second kappa shape index (κ2) is 17.0. The predicted molar refractivity (Wildman–Crippen MR) is 87.3 cm³/mol. The zero-order valence-electron chi connectivity index (χ0n) is 13.5. The molecule has 5 heteroatoms. The molecule has 0 amide bonds. The first kappa shape index (κ1) is 20.0. The van der Waals surface area contributed by atoms with Crippen LogP contribution in [0.5, 0.6) is 0 Å². The molecule has 0 aliphatic rings. The highest BCUT2D eigenvalue weighted by Gasteiger charge is 2.15. The van der Waals surface area contributed by atoms with Crippen LogP contribution in [0.1, 0.15) is 71.1 Å². The van der Waals surface area contributed by atoms with Gasteiger partial charge in [0.15, 0.2) is 0 Å². The van der Waals surface area contributed by atoms with Crippen molar-refractivity contribution in [3.8, 4) is 0 Å². The van der Waals surface area contributed by atoms with Crippen LogP contribution in [-0.2, 0) is 9.09 Å². The van der Waals surface area contributed by atoms with Gasteiger partial charge in [0.05, 0.1) is 0 Å². The molecule has 2 N–H and O–H groups in total. The van der Waals surface area contributed by atoms with E-state index in [0.717, 1.165) is 32.4 Å². The van der Waals surface area contributed by atoms with Crippen molar-refractivity contribution in [3.63, 3.8) is 0 Å². The number of hydrogen-bond acceptors (Lipinski definition) is 3. The fraction of sp³-hybridized carbons (Fsp3) is 1.00. The van der Waals surface area contributed by atoms with Crippen molar-refractivity contribution >= 4 is 8.18 Å². The molecule has 20 heavy (non-hydrogen) atoms. The van der Waals surface area contributed by atoms with Gasteiger partial charge in [-0.25, -0.2) is 0 Å². The minimum Gasteiger partial charge on any atom is -0.320 e. The van der Waals surface area contributed by atoms with Crippen LogP contribution < -0.4 is 10.4 Å². The van der Waals surface area contributed by atoms with Crippen LogP contribution in [-0.4, -0.2) is 26.7 Å². The number of hydrogen-bond donors (Lipinski definition) is 2. The lowest BCUT2D eigenvalue weighted by molar-refractivity contribution is 0.309. The van der Waals surface area contributed by atoms with Gasteiger partial charge in [-0.05, 0) is 37.4 Å². The van der Waals surface area contributed by atoms with Gasteiger partial charge in [-0.1, -0.05) is 57.0 Å². The van der Waals surface area contributed by atoms with Gasteiger partial charge in [-0.3, -0.25) is 0 Å². The van der Waals surface area contributed by atoms with E-state index in [1.54, 1.807) is 0 Å². The average Bonchev–Trinajstić information content (AvgIpc) is 2.45. The van der Waals surface area contributed by atoms with Crippen LogP contribution in [0.3, 0.4) is 0 Å². The van der Waals surface area contributed by atoms with Crippen LogP contribution >= 0.6 is 8.18 Å². The molecule has 0 heterocycles. The summed E-state index contributed by atoms with van der Waals surface area (Å²) in [6, 6.07) is 0. The summed E-state index contributed by atoms with van der Waals surface area (Å²) in [4.78, 5) is 0. The van der Waals surface area contributed by atoms with Gasteiger partial charge in [-0.15, -0.1) is 4.52 Å². The summed E-state index contributed by atoms with van der Waals surface area (Å²) in [7, 11) is 0.291. The first-order chi connectivity index (χ1) is 9.81. The van der Waals surface area contributed by atoms with E-state index in [4.69, 9.17) is 4.52 Å². The summed E-state index contributed by atoms with van der Waals surface area (Å²) < 4.78 is 16.8. The molecule has 0 radical (unpaired) electrons. The zero-order chi connectivity index (χ0) is 14.9. The Balaban J connectivity index is 3.11. The molecule has 0 aromatic rings. The van der Waals surface area contributed by atoms with E-state index in [1.165, 1.54) is 44.9 Å². The number of unbranched alkanes of at least 4 members (excludes halogenated alkanes) is 8. The standard InChI is InChI=1S/C15H34N2O2P/c1-3-4-5-6-7-8-9-12-15-19-20(18)17-14-11-10-13-16-2/h16H,3-15H2,1-2H3,(H,17,18)/q+1. The fourth-order valence-corrected chi connectivity index (χ4v) is 2.75. The molecular formula is C15H34N2O2P+. The van der Waals surface area contributed by atoms with Crippen LogP contribution in [0.15, 0.2) is 0 Å². The maximum absolute atomic E-state index is 11.5. The van der Waals surface area contributed by atoms with Gasteiger partial charge >= 0.3 is 8.18 Å². The van der Waals surface area contributed by atoms with Crippen molar-refractivity contribution in [2.75, 3.05) is 26.7 Å². The molecule has 0 spiro atoms. The largest absolute Gasteiger partial charge is 0.612 e. The summed E-state index contributed by atoms with van der Waals surface area (Å²) >= 11 is 0. The quantitative estimate of drug-likeness (QED) is 0.328. The number of rotatable bonds is 16. The van der Waals surface area contributed by atoms with E-state index in [-0.39, 0.29) is 0 Å². The molecule has 1 atom stereocenters. The Morgan fingerprint density at radius 2 is 1.45 bits per heavy atom. The molecule has 0 aromatic heterocycles. The molecule has 120 valence electrons. The maximum Gasteiger partial charge on any atom is 0.612 e. The SMILES string of the molecule is CCCCCCCCCCO[P+](=O)NCCCCNC. The van der Waals surface area contributed by atoms with E-state index in [1.807, 2.05) is 7.05 Å². The van der Waals surface area contributed by atoms with Gasteiger partial charge in [0, 0.05) is 6.54 Å². The van der Waals surface area contributed by atoms with Crippen molar-refractivity contribution in [2.24, 2.45) is 0 Å². The van der Waals surface area contributed by atoms with E-state index in [2.05, 4.69) is 17.3 Å². The lowest BCUT2D eigenvalue weighted by atomic mass is 10.1. The van der Waals surface area contributed by atoms with Crippen molar-refractivity contribution in [2.45, 2.75) is 71.1 Å². The minimum atomic E-state index is -1.65. The molecule has 1 unspecified atom stereocenters. The van der Waals surface area contributed by atoms with Gasteiger partial charge in [0.25, 0.3) is 0 Å². The van der Waals surface area contributed by atoms with E-state index >= 15 is 0 Å². The molecule has 0 aliphatic heterocycles. The molecule has 0 rings (SSSR count). The average molecular weight is 305 g/mol. The summed E-state index contributed by atoms with van der Waals surface area (Å²) in [5.74, 6) is 0. The lowest BCUT2D eigenvalue weighted by Crippen LogP contribution is -2.12. The molecular weight excluding hydrogens is 271 g/mol. The maximum atomic E-state index is 11.5. The summed E-state index contributed by atoms with van der Waals surface area (Å²) in [5, 5.41) is 6.02. The molecule has 4 nitrogen and oxygen atoms in total. The van der Waals surface area contributed by atoms with Crippen LogP contribution in [0, 0.1) is 0 Å². The number of nitrogens with one attached hydrogen (secondary N) is 2. The topological polar surface area (TPSA) is 50.4 Å². The summed E-state index contributed by atoms with van der Waals surface area (Å²) in [6.07, 6.45) is 12.4. The Labute approximate surface area is 126 Å². The predicted octanol–water partition coefficient (Wildman–Crippen LogP) is 4.39. The minimum absolute atomic E-state index is 0.619. The lowest BCUT2D eigenvalue weighted by Gasteiger charge is -1.99. The molecule has 0 saturated heterocycles. The van der Waals surface area contributed by atoms with Crippen molar-refractivity contribution in [1.82, 2.24) is 10.4 Å². The molecule has 0 bridgehead atoms. The Morgan fingerprint density at radius 3 is 2.10 bits per heavy atom. The summed E-state index contributed by atoms with van der Waals surface area (Å²) in [5.41, 5.74) is 0. The Bertz CT molecular complexity index is 216. The first-order valence-corrected chi connectivity index (χ1v) is 9.47. The third kappa shape index (κ3) is 16.0. The fourth-order valence-electron chi connectivity index (χ4n) is 2.03. The normalized spacial score (nSPS) is 11.8. The molecule has 0 saturated carbocycles. The highest BCUT2D eigenvalue weighted by Crippen LogP contribution is 2.17. The van der Waals surface area contributed by atoms with Crippen LogP contribution in [0.2, 0.25) is 0 Å². The van der Waals surface area contributed by atoms with Gasteiger partial charge in [0.1, 0.15) is 6.61 Å². The summed E-state index contributed by atoms with van der Waals surface area (Å²) in [6.45, 7) is 4.65. The molecule has 0 fully saturated rings. The molecule has 0 aromatic carbocycles. The Morgan fingerprint density at radius 1 is 0.850 bits per heavy atom. The molecule has 0 aliphatic carbocycles. The van der Waals surface area contributed by atoms with Crippen molar-refractivity contribution in [3.05, 3.63) is 0 Å². The van der Waals surface area contributed by atoms with Gasteiger partial charge < -0.3 is 5.32 Å².